The maximum Gasteiger partial charge on any atom is 0.409 e. The highest BCUT2D eigenvalue weighted by molar-refractivity contribution is 7.80. The number of amides is 1. The van der Waals surface area contributed by atoms with E-state index in [-0.39, 0.29) is 18.0 Å². The van der Waals surface area contributed by atoms with E-state index in [0.717, 1.165) is 28.2 Å². The van der Waals surface area contributed by atoms with Gasteiger partial charge in [0.15, 0.2) is 0 Å². The van der Waals surface area contributed by atoms with Crippen LogP contribution in [0.1, 0.15) is 17.0 Å². The van der Waals surface area contributed by atoms with E-state index in [0.29, 0.717) is 31.8 Å². The Morgan fingerprint density at radius 1 is 1.34 bits per heavy atom. The van der Waals surface area contributed by atoms with Crippen molar-refractivity contribution in [3.05, 3.63) is 47.4 Å². The second-order valence-corrected chi connectivity index (χ2v) is 8.29. The number of carbonyl (C=O) groups is 1. The Balaban J connectivity index is 1.73. The summed E-state index contributed by atoms with van der Waals surface area (Å²) in [6.45, 7) is 5.14. The Kier molecular flexibility index (Phi) is 6.40. The number of rotatable bonds is 5. The third-order valence-corrected chi connectivity index (χ3v) is 5.78. The number of methoxy groups -OCH3 is 1. The van der Waals surface area contributed by atoms with Gasteiger partial charge in [-0.05, 0) is 43.7 Å². The molecular weight excluding hydrogens is 434 g/mol. The number of aromatic nitrogens is 3. The molecule has 0 aromatic carbocycles. The van der Waals surface area contributed by atoms with Gasteiger partial charge in [-0.25, -0.2) is 14.8 Å². The number of nitrogens with zero attached hydrogens (tertiary/aromatic N) is 4. The molecule has 11 heteroatoms. The molecule has 32 heavy (non-hydrogen) atoms. The molecule has 1 N–H and O–H groups in total. The van der Waals surface area contributed by atoms with Crippen LogP contribution >= 0.6 is 0 Å². The van der Waals surface area contributed by atoms with Crippen LogP contribution in [-0.2, 0) is 27.2 Å². The smallest absolute Gasteiger partial charge is 0.409 e. The zero-order valence-electron chi connectivity index (χ0n) is 18.0. The molecule has 3 aromatic rings. The van der Waals surface area contributed by atoms with Gasteiger partial charge < -0.3 is 28.0 Å². The van der Waals surface area contributed by atoms with E-state index in [1.165, 1.54) is 7.11 Å². The average Bonchev–Trinajstić information content (AvgIpc) is 3.10. The zero-order valence-corrected chi connectivity index (χ0v) is 18.8. The molecule has 3 aromatic heterocycles. The fourth-order valence-corrected chi connectivity index (χ4v) is 4.20. The van der Waals surface area contributed by atoms with Gasteiger partial charge in [0.1, 0.15) is 11.5 Å². The molecule has 0 saturated carbocycles. The van der Waals surface area contributed by atoms with Gasteiger partial charge in [-0.15, -0.1) is 0 Å². The lowest BCUT2D eigenvalue weighted by molar-refractivity contribution is -0.0241. The molecule has 0 spiro atoms. The summed E-state index contributed by atoms with van der Waals surface area (Å²) < 4.78 is 37.0. The van der Waals surface area contributed by atoms with Crippen LogP contribution in [0.4, 0.5) is 10.6 Å². The molecule has 1 saturated heterocycles. The van der Waals surface area contributed by atoms with Gasteiger partial charge in [0.2, 0.25) is 0 Å². The third kappa shape index (κ3) is 4.59. The number of imidazole rings is 1. The molecule has 2 unspecified atom stereocenters. The van der Waals surface area contributed by atoms with E-state index >= 15 is 0 Å². The number of hydrogen-bond acceptors (Lipinski definition) is 7. The third-order valence-electron chi connectivity index (χ3n) is 5.40. The number of ether oxygens (including phenoxy) is 2. The molecule has 1 aliphatic heterocycles. The molecule has 4 heterocycles. The van der Waals surface area contributed by atoms with Crippen molar-refractivity contribution >= 4 is 28.8 Å². The topological polar surface area (TPSA) is 121 Å². The van der Waals surface area contributed by atoms with Crippen molar-refractivity contribution in [3.63, 3.8) is 0 Å². The van der Waals surface area contributed by atoms with Crippen LogP contribution in [0.3, 0.4) is 0 Å². The lowest BCUT2D eigenvalue weighted by Gasteiger charge is -2.32. The number of hydrogen-bond donors (Lipinski definition) is 1. The minimum absolute atomic E-state index is 0.222. The van der Waals surface area contributed by atoms with Crippen LogP contribution in [-0.4, -0.2) is 67.0 Å². The minimum atomic E-state index is -2.45. The van der Waals surface area contributed by atoms with Crippen LogP contribution < -0.4 is 4.72 Å². The Morgan fingerprint density at radius 2 is 2.16 bits per heavy atom. The molecule has 0 bridgehead atoms. The number of aryl methyl sites for hydroxylation is 2. The summed E-state index contributed by atoms with van der Waals surface area (Å²) in [5.74, 6) is 0.241. The van der Waals surface area contributed by atoms with Crippen molar-refractivity contribution in [2.45, 2.75) is 26.4 Å². The molecule has 1 amide bonds. The first kappa shape index (κ1) is 22.2. The molecule has 10 nitrogen and oxygen atoms in total. The first-order valence-electron chi connectivity index (χ1n) is 10.1. The number of carbonyl (C=O) groups excluding carboxylic acids is 1. The van der Waals surface area contributed by atoms with Crippen molar-refractivity contribution in [1.29, 1.82) is 0 Å². The summed E-state index contributed by atoms with van der Waals surface area (Å²) in [5, 5.41) is 0. The van der Waals surface area contributed by atoms with Gasteiger partial charge >= 0.3 is 6.09 Å². The number of anilines is 1. The fourth-order valence-electron chi connectivity index (χ4n) is 3.91. The van der Waals surface area contributed by atoms with E-state index in [4.69, 9.17) is 14.5 Å². The molecule has 4 rings (SSSR count). The Morgan fingerprint density at radius 3 is 2.88 bits per heavy atom. The second kappa shape index (κ2) is 9.23. The quantitative estimate of drug-likeness (QED) is 0.582. The molecule has 1 aliphatic rings. The number of fused-ring (bicyclic) bond motifs is 1. The van der Waals surface area contributed by atoms with Gasteiger partial charge in [0.25, 0.3) is 0 Å². The number of morpholine rings is 1. The Bertz CT molecular complexity index is 1180. The van der Waals surface area contributed by atoms with Gasteiger partial charge in [-0.2, -0.15) is 0 Å². The second-order valence-electron chi connectivity index (χ2n) is 7.62. The normalized spacial score (nSPS) is 17.4. The van der Waals surface area contributed by atoms with Gasteiger partial charge in [-0.1, -0.05) is 0 Å². The van der Waals surface area contributed by atoms with Crippen molar-refractivity contribution in [2.24, 2.45) is 0 Å². The van der Waals surface area contributed by atoms with Crippen LogP contribution in [0.2, 0.25) is 0 Å². The monoisotopic (exact) mass is 458 g/mol. The summed E-state index contributed by atoms with van der Waals surface area (Å²) >= 11 is -2.45. The highest BCUT2D eigenvalue weighted by atomic mass is 32.2. The van der Waals surface area contributed by atoms with Crippen LogP contribution in [0.25, 0.3) is 16.9 Å². The number of pyridine rings is 2. The van der Waals surface area contributed by atoms with Crippen LogP contribution in [0.15, 0.2) is 30.5 Å². The highest BCUT2D eigenvalue weighted by Gasteiger charge is 2.27. The maximum atomic E-state index is 12.0. The van der Waals surface area contributed by atoms with Gasteiger partial charge in [0, 0.05) is 41.7 Å². The summed E-state index contributed by atoms with van der Waals surface area (Å²) in [6.07, 6.45) is 1.90. The van der Waals surface area contributed by atoms with E-state index < -0.39 is 11.3 Å². The van der Waals surface area contributed by atoms with Gasteiger partial charge in [-0.3, -0.25) is 4.21 Å². The molecule has 2 atom stereocenters. The predicted octanol–water partition coefficient (Wildman–Crippen LogP) is 2.23. The van der Waals surface area contributed by atoms with E-state index in [1.807, 2.05) is 36.6 Å². The van der Waals surface area contributed by atoms with E-state index in [1.54, 1.807) is 17.0 Å². The molecular formula is C21H24N5O5S-. The summed E-state index contributed by atoms with van der Waals surface area (Å²) in [4.78, 5) is 22.8. The first-order chi connectivity index (χ1) is 15.4. The maximum absolute atomic E-state index is 12.0. The predicted molar refractivity (Wildman–Crippen MR) is 118 cm³/mol. The van der Waals surface area contributed by atoms with Crippen LogP contribution in [0.5, 0.6) is 0 Å². The zero-order chi connectivity index (χ0) is 22.8. The molecule has 0 aliphatic carbocycles. The Labute approximate surface area is 188 Å². The molecule has 170 valence electrons. The first-order valence-corrected chi connectivity index (χ1v) is 11.2. The van der Waals surface area contributed by atoms with Gasteiger partial charge in [0.05, 0.1) is 37.8 Å². The largest absolute Gasteiger partial charge is 0.755 e. The molecule has 0 radical (unpaired) electrons. The van der Waals surface area contributed by atoms with E-state index in [2.05, 4.69) is 9.71 Å². The summed E-state index contributed by atoms with van der Waals surface area (Å²) in [5.41, 5.74) is 4.98. The Hall–Kier alpha value is -3.02. The molecule has 1 fully saturated rings. The fraction of sp³-hybridized carbons (Fsp3) is 0.381. The number of nitrogens with one attached hydrogen (secondary N) is 1. The van der Waals surface area contributed by atoms with Crippen molar-refractivity contribution < 1.29 is 23.0 Å². The summed E-state index contributed by atoms with van der Waals surface area (Å²) in [6, 6.07) is 7.41. The van der Waals surface area contributed by atoms with Crippen molar-refractivity contribution in [3.8, 4) is 11.3 Å². The van der Waals surface area contributed by atoms with Crippen molar-refractivity contribution in [1.82, 2.24) is 19.3 Å². The lowest BCUT2D eigenvalue weighted by atomic mass is 10.0. The van der Waals surface area contributed by atoms with Crippen molar-refractivity contribution in [2.75, 3.05) is 31.5 Å². The summed E-state index contributed by atoms with van der Waals surface area (Å²) in [7, 11) is 1.37. The van der Waals surface area contributed by atoms with Crippen LogP contribution in [0, 0.1) is 13.8 Å². The standard InChI is InChI=1S/C21H25N5O5S/c1-13-6-7-26-17(11-15-12-25(8-9-31-15)21(27)30-3)20(23-19(26)10-13)16-4-5-18(22-14(16)2)24-32(28)29/h4-7,10,15H,8-9,11-12H2,1-3H3,(H,22,24)(H,28,29)/p-1. The minimum Gasteiger partial charge on any atom is -0.755 e. The highest BCUT2D eigenvalue weighted by Crippen LogP contribution is 2.30. The SMILES string of the molecule is COC(=O)N1CCOC(Cc2c(-c3ccc(NS(=O)[O-])nc3C)nc3cc(C)ccn23)C1. The van der Waals surface area contributed by atoms with E-state index in [9.17, 15) is 13.6 Å². The lowest BCUT2D eigenvalue weighted by Crippen LogP contribution is -2.46. The average molecular weight is 459 g/mol.